The van der Waals surface area contributed by atoms with E-state index in [1.165, 1.54) is 0 Å². The van der Waals surface area contributed by atoms with Gasteiger partial charge in [0.25, 0.3) is 9.04 Å². The molecule has 0 N–H and O–H groups in total. The average molecular weight is 258 g/mol. The maximum atomic E-state index is 5.84. The molecule has 18 heavy (non-hydrogen) atoms. The molecule has 93 valence electrons. The zero-order valence-corrected chi connectivity index (χ0v) is 11.6. The van der Waals surface area contributed by atoms with Gasteiger partial charge >= 0.3 is 0 Å². The maximum Gasteiger partial charge on any atom is 0.274 e. The lowest BCUT2D eigenvalue weighted by atomic mass is 10.2. The van der Waals surface area contributed by atoms with Gasteiger partial charge in [-0.1, -0.05) is 18.2 Å². The van der Waals surface area contributed by atoms with Crippen LogP contribution in [0.15, 0.2) is 52.3 Å². The zero-order valence-electron chi connectivity index (χ0n) is 10.6. The topological polar surface area (TPSA) is 34.7 Å². The number of benzene rings is 1. The second-order valence-corrected chi connectivity index (χ2v) is 6.17. The summed E-state index contributed by atoms with van der Waals surface area (Å²) in [4.78, 5) is 4.40. The van der Waals surface area contributed by atoms with E-state index in [-0.39, 0.29) is 0 Å². The van der Waals surface area contributed by atoms with Gasteiger partial charge in [-0.2, -0.15) is 0 Å². The van der Waals surface area contributed by atoms with Gasteiger partial charge in [0, 0.05) is 17.3 Å². The van der Waals surface area contributed by atoms with Crippen LogP contribution >= 0.6 is 0 Å². The normalized spacial score (nSPS) is 11.3. The van der Waals surface area contributed by atoms with Crippen LogP contribution in [0.3, 0.4) is 0 Å². The van der Waals surface area contributed by atoms with Crippen molar-refractivity contribution in [3.63, 3.8) is 0 Å². The minimum Gasteiger partial charge on any atom is -0.542 e. The summed E-state index contributed by atoms with van der Waals surface area (Å²) >= 11 is 0. The number of para-hydroxylation sites is 1. The molecule has 2 aromatic rings. The summed E-state index contributed by atoms with van der Waals surface area (Å²) < 4.78 is 10.8. The van der Waals surface area contributed by atoms with Crippen molar-refractivity contribution in [2.24, 2.45) is 4.99 Å². The second-order valence-electron chi connectivity index (χ2n) is 4.14. The van der Waals surface area contributed by atoms with Crippen LogP contribution in [-0.2, 0) is 6.54 Å². The minimum atomic E-state index is -0.743. The highest BCUT2D eigenvalue weighted by Gasteiger charge is 2.05. The van der Waals surface area contributed by atoms with E-state index in [1.54, 1.807) is 12.5 Å². The Morgan fingerprint density at radius 2 is 2.11 bits per heavy atom. The van der Waals surface area contributed by atoms with E-state index >= 15 is 0 Å². The molecular formula is C14H16NO2Si. The predicted octanol–water partition coefficient (Wildman–Crippen LogP) is 3.53. The summed E-state index contributed by atoms with van der Waals surface area (Å²) in [5.74, 6) is 0.945. The van der Waals surface area contributed by atoms with Crippen LogP contribution in [0.4, 0.5) is 0 Å². The van der Waals surface area contributed by atoms with Gasteiger partial charge in [-0.05, 0) is 25.2 Å². The van der Waals surface area contributed by atoms with Crippen molar-refractivity contribution in [3.05, 3.63) is 54.0 Å². The first-order valence-corrected chi connectivity index (χ1v) is 8.24. The monoisotopic (exact) mass is 258 g/mol. The lowest BCUT2D eigenvalue weighted by Crippen LogP contribution is -2.12. The molecule has 1 aromatic carbocycles. The largest absolute Gasteiger partial charge is 0.542 e. The molecule has 0 unspecified atom stereocenters. The van der Waals surface area contributed by atoms with Crippen molar-refractivity contribution in [2.45, 2.75) is 19.6 Å². The molecule has 0 aliphatic heterocycles. The summed E-state index contributed by atoms with van der Waals surface area (Å²) in [6.45, 7) is 4.86. The van der Waals surface area contributed by atoms with Gasteiger partial charge in [0.15, 0.2) is 0 Å². The fourth-order valence-corrected chi connectivity index (χ4v) is 2.19. The van der Waals surface area contributed by atoms with Crippen molar-refractivity contribution in [3.8, 4) is 5.75 Å². The van der Waals surface area contributed by atoms with Gasteiger partial charge in [0.1, 0.15) is 5.75 Å². The fourth-order valence-electron chi connectivity index (χ4n) is 1.55. The molecule has 0 fully saturated rings. The fraction of sp³-hybridized carbons (Fsp3) is 0.214. The number of hydrogen-bond donors (Lipinski definition) is 0. The summed E-state index contributed by atoms with van der Waals surface area (Å²) in [6, 6.07) is 9.93. The Labute approximate surface area is 109 Å². The number of rotatable bonds is 5. The van der Waals surface area contributed by atoms with Gasteiger partial charge in [-0.3, -0.25) is 4.99 Å². The van der Waals surface area contributed by atoms with E-state index in [1.807, 2.05) is 36.5 Å². The second kappa shape index (κ2) is 6.21. The Hall–Kier alpha value is -1.81. The first-order chi connectivity index (χ1) is 8.75. The summed E-state index contributed by atoms with van der Waals surface area (Å²) in [5, 5.41) is 0. The Balaban J connectivity index is 2.04. The molecular weight excluding hydrogens is 242 g/mol. The molecule has 0 spiro atoms. The van der Waals surface area contributed by atoms with E-state index in [9.17, 15) is 0 Å². The Kier molecular flexibility index (Phi) is 4.36. The maximum absolute atomic E-state index is 5.84. The van der Waals surface area contributed by atoms with Gasteiger partial charge in [0.2, 0.25) is 0 Å². The lowest BCUT2D eigenvalue weighted by molar-refractivity contribution is 0.567. The molecule has 0 aliphatic carbocycles. The highest BCUT2D eigenvalue weighted by atomic mass is 28.3. The van der Waals surface area contributed by atoms with Crippen molar-refractivity contribution in [2.75, 3.05) is 0 Å². The molecule has 1 radical (unpaired) electrons. The quantitative estimate of drug-likeness (QED) is 0.607. The Bertz CT molecular complexity index is 506. The van der Waals surface area contributed by atoms with E-state index in [2.05, 4.69) is 18.1 Å². The molecule has 3 nitrogen and oxygen atoms in total. The first kappa shape index (κ1) is 12.6. The molecule has 0 saturated carbocycles. The summed E-state index contributed by atoms with van der Waals surface area (Å²) in [6.07, 6.45) is 5.12. The average Bonchev–Trinajstić information content (AvgIpc) is 2.84. The number of aliphatic imine (C=N–C) groups is 1. The van der Waals surface area contributed by atoms with Crippen molar-refractivity contribution in [1.82, 2.24) is 0 Å². The summed E-state index contributed by atoms with van der Waals surface area (Å²) in [5.41, 5.74) is 2.09. The number of furan rings is 1. The van der Waals surface area contributed by atoms with Gasteiger partial charge in [-0.15, -0.1) is 0 Å². The van der Waals surface area contributed by atoms with Crippen molar-refractivity contribution < 1.29 is 8.84 Å². The van der Waals surface area contributed by atoms with Gasteiger partial charge in [-0.25, -0.2) is 0 Å². The van der Waals surface area contributed by atoms with Crippen LogP contribution in [0.5, 0.6) is 5.75 Å². The highest BCUT2D eigenvalue weighted by Crippen LogP contribution is 2.19. The van der Waals surface area contributed by atoms with E-state index in [0.717, 1.165) is 16.9 Å². The third-order valence-corrected chi connectivity index (χ3v) is 2.96. The molecule has 0 aliphatic rings. The first-order valence-electron chi connectivity index (χ1n) is 5.83. The van der Waals surface area contributed by atoms with Crippen molar-refractivity contribution in [1.29, 1.82) is 0 Å². The van der Waals surface area contributed by atoms with E-state index in [0.29, 0.717) is 6.54 Å². The minimum absolute atomic E-state index is 0.622. The predicted molar refractivity (Wildman–Crippen MR) is 74.6 cm³/mol. The standard InChI is InChI=1S/C14H16NO2Si/c1-18(2)17-14-6-4-3-5-13(14)10-15-9-12-7-8-16-11-12/h3-9,11H,10H2,1-2H3. The van der Waals surface area contributed by atoms with Crippen LogP contribution in [0.2, 0.25) is 13.1 Å². The third kappa shape index (κ3) is 3.60. The third-order valence-electron chi connectivity index (χ3n) is 2.33. The van der Waals surface area contributed by atoms with Crippen LogP contribution in [0.1, 0.15) is 11.1 Å². The Morgan fingerprint density at radius 1 is 1.28 bits per heavy atom. The highest BCUT2D eigenvalue weighted by molar-refractivity contribution is 6.49. The van der Waals surface area contributed by atoms with Crippen molar-refractivity contribution >= 4 is 15.3 Å². The van der Waals surface area contributed by atoms with E-state index < -0.39 is 9.04 Å². The lowest BCUT2D eigenvalue weighted by Gasteiger charge is -2.11. The van der Waals surface area contributed by atoms with Crippen LogP contribution in [-0.4, -0.2) is 15.3 Å². The van der Waals surface area contributed by atoms with Gasteiger partial charge in [0.05, 0.1) is 19.1 Å². The van der Waals surface area contributed by atoms with Crippen LogP contribution in [0, 0.1) is 0 Å². The van der Waals surface area contributed by atoms with Crippen LogP contribution in [0.25, 0.3) is 0 Å². The molecule has 4 heteroatoms. The molecule has 1 aromatic heterocycles. The molecule has 1 heterocycles. The molecule has 0 saturated heterocycles. The Morgan fingerprint density at radius 3 is 2.83 bits per heavy atom. The number of hydrogen-bond acceptors (Lipinski definition) is 3. The molecule has 0 amide bonds. The SMILES string of the molecule is C[Si](C)Oc1ccccc1CN=Cc1ccoc1. The van der Waals surface area contributed by atoms with Gasteiger partial charge < -0.3 is 8.84 Å². The smallest absolute Gasteiger partial charge is 0.274 e. The molecule has 2 rings (SSSR count). The molecule has 0 bridgehead atoms. The van der Waals surface area contributed by atoms with Crippen LogP contribution < -0.4 is 4.43 Å². The number of nitrogens with zero attached hydrogens (tertiary/aromatic N) is 1. The molecule has 0 atom stereocenters. The summed E-state index contributed by atoms with van der Waals surface area (Å²) in [7, 11) is -0.743. The zero-order chi connectivity index (χ0) is 12.8. The van der Waals surface area contributed by atoms with E-state index in [4.69, 9.17) is 8.84 Å².